The molecule has 1 aromatic carbocycles. The number of piperidine rings is 1. The molecule has 5 heteroatoms. The van der Waals surface area contributed by atoms with Crippen molar-refractivity contribution >= 4 is 5.91 Å². The molecular weight excluding hydrogens is 274 g/mol. The molecule has 114 valence electrons. The fourth-order valence-corrected chi connectivity index (χ4v) is 3.26. The number of amides is 1. The van der Waals surface area contributed by atoms with Crippen LogP contribution in [0.1, 0.15) is 47.5 Å². The van der Waals surface area contributed by atoms with Gasteiger partial charge >= 0.3 is 0 Å². The van der Waals surface area contributed by atoms with Gasteiger partial charge < -0.3 is 10.2 Å². The Kier molecular flexibility index (Phi) is 4.19. The molecule has 0 radical (unpaired) electrons. The molecular formula is C16H20F2N2O. The van der Waals surface area contributed by atoms with Gasteiger partial charge in [0.15, 0.2) is 0 Å². The number of halogens is 2. The summed E-state index contributed by atoms with van der Waals surface area (Å²) in [4.78, 5) is 13.8. The monoisotopic (exact) mass is 294 g/mol. The molecule has 2 aliphatic rings. The van der Waals surface area contributed by atoms with Crippen LogP contribution in [0.15, 0.2) is 12.1 Å². The summed E-state index contributed by atoms with van der Waals surface area (Å²) in [5.74, 6) is -1.40. The molecule has 3 rings (SSSR count). The summed E-state index contributed by atoms with van der Waals surface area (Å²) in [6.07, 6.45) is 3.47. The van der Waals surface area contributed by atoms with Gasteiger partial charge in [0.1, 0.15) is 11.6 Å². The summed E-state index contributed by atoms with van der Waals surface area (Å²) in [6.45, 7) is 2.91. The van der Waals surface area contributed by atoms with Gasteiger partial charge in [-0.1, -0.05) is 0 Å². The molecule has 1 aromatic rings. The Hall–Kier alpha value is -1.49. The van der Waals surface area contributed by atoms with Gasteiger partial charge in [-0.2, -0.15) is 0 Å². The minimum Gasteiger partial charge on any atom is -0.339 e. The molecule has 0 bridgehead atoms. The van der Waals surface area contributed by atoms with Crippen LogP contribution in [-0.4, -0.2) is 37.0 Å². The minimum atomic E-state index is -0.596. The molecule has 0 aromatic heterocycles. The fraction of sp³-hybridized carbons (Fsp3) is 0.562. The highest BCUT2D eigenvalue weighted by molar-refractivity contribution is 5.94. The molecule has 21 heavy (non-hydrogen) atoms. The predicted octanol–water partition coefficient (Wildman–Crippen LogP) is 2.67. The summed E-state index contributed by atoms with van der Waals surface area (Å²) in [5.41, 5.74) is 0.277. The smallest absolute Gasteiger partial charge is 0.256 e. The van der Waals surface area contributed by atoms with Crippen LogP contribution in [0, 0.1) is 11.6 Å². The van der Waals surface area contributed by atoms with Crippen LogP contribution >= 0.6 is 0 Å². The lowest BCUT2D eigenvalue weighted by atomic mass is 9.89. The second-order valence-corrected chi connectivity index (χ2v) is 5.88. The van der Waals surface area contributed by atoms with Crippen LogP contribution in [0.5, 0.6) is 0 Å². The summed E-state index contributed by atoms with van der Waals surface area (Å²) in [6, 6.07) is 2.32. The molecule has 0 spiro atoms. The Morgan fingerprint density at radius 3 is 2.43 bits per heavy atom. The number of hydrogen-bond donors (Lipinski definition) is 1. The van der Waals surface area contributed by atoms with Crippen molar-refractivity contribution in [3.05, 3.63) is 34.9 Å². The van der Waals surface area contributed by atoms with E-state index >= 15 is 0 Å². The summed E-state index contributed by atoms with van der Waals surface area (Å²) >= 11 is 0. The van der Waals surface area contributed by atoms with E-state index in [2.05, 4.69) is 5.32 Å². The van der Waals surface area contributed by atoms with Gasteiger partial charge in [0, 0.05) is 13.1 Å². The van der Waals surface area contributed by atoms with E-state index < -0.39 is 11.6 Å². The van der Waals surface area contributed by atoms with Crippen molar-refractivity contribution in [2.24, 2.45) is 0 Å². The first kappa shape index (κ1) is 14.4. The van der Waals surface area contributed by atoms with E-state index in [1.165, 1.54) is 6.07 Å². The van der Waals surface area contributed by atoms with Gasteiger partial charge in [-0.3, -0.25) is 4.79 Å². The summed E-state index contributed by atoms with van der Waals surface area (Å²) in [7, 11) is 0. The van der Waals surface area contributed by atoms with Gasteiger partial charge in [0.25, 0.3) is 5.91 Å². The zero-order valence-electron chi connectivity index (χ0n) is 12.0. The third-order valence-corrected chi connectivity index (χ3v) is 4.49. The summed E-state index contributed by atoms with van der Waals surface area (Å²) in [5, 5.41) is 3.21. The minimum absolute atomic E-state index is 0.0386. The molecule has 2 aliphatic heterocycles. The van der Waals surface area contributed by atoms with E-state index in [0.29, 0.717) is 18.7 Å². The highest BCUT2D eigenvalue weighted by Crippen LogP contribution is 2.29. The molecule has 1 amide bonds. The summed E-state index contributed by atoms with van der Waals surface area (Å²) < 4.78 is 28.6. The van der Waals surface area contributed by atoms with E-state index in [0.717, 1.165) is 44.8 Å². The fourth-order valence-electron chi connectivity index (χ4n) is 3.26. The standard InChI is InChI=1S/C16H20F2N2O/c17-14-10-13(16(21)20-7-1-2-8-20)15(18)9-12(14)11-3-5-19-6-4-11/h9-11,19H,1-8H2. The highest BCUT2D eigenvalue weighted by Gasteiger charge is 2.26. The van der Waals surface area contributed by atoms with Crippen LogP contribution < -0.4 is 5.32 Å². The maximum atomic E-state index is 14.3. The lowest BCUT2D eigenvalue weighted by Gasteiger charge is -2.24. The Labute approximate surface area is 123 Å². The van der Waals surface area contributed by atoms with Crippen LogP contribution in [0.3, 0.4) is 0 Å². The van der Waals surface area contributed by atoms with Crippen molar-refractivity contribution in [3.63, 3.8) is 0 Å². The van der Waals surface area contributed by atoms with Crippen LogP contribution in [0.2, 0.25) is 0 Å². The van der Waals surface area contributed by atoms with Gasteiger partial charge in [-0.15, -0.1) is 0 Å². The first-order chi connectivity index (χ1) is 10.2. The second-order valence-electron chi connectivity index (χ2n) is 5.88. The molecule has 0 unspecified atom stereocenters. The number of hydrogen-bond acceptors (Lipinski definition) is 2. The Morgan fingerprint density at radius 2 is 1.76 bits per heavy atom. The molecule has 0 saturated carbocycles. The first-order valence-electron chi connectivity index (χ1n) is 7.66. The van der Waals surface area contributed by atoms with E-state index in [4.69, 9.17) is 0 Å². The molecule has 2 saturated heterocycles. The largest absolute Gasteiger partial charge is 0.339 e. The quantitative estimate of drug-likeness (QED) is 0.909. The maximum absolute atomic E-state index is 14.3. The van der Waals surface area contributed by atoms with Crippen LogP contribution in [0.25, 0.3) is 0 Å². The molecule has 2 heterocycles. The molecule has 0 atom stereocenters. The number of rotatable bonds is 2. The number of nitrogens with zero attached hydrogens (tertiary/aromatic N) is 1. The van der Waals surface area contributed by atoms with Gasteiger partial charge in [0.05, 0.1) is 5.56 Å². The highest BCUT2D eigenvalue weighted by atomic mass is 19.1. The number of carbonyl (C=O) groups is 1. The van der Waals surface area contributed by atoms with Gasteiger partial charge in [0.2, 0.25) is 0 Å². The first-order valence-corrected chi connectivity index (χ1v) is 7.66. The van der Waals surface area contributed by atoms with E-state index in [1.54, 1.807) is 4.90 Å². The second kappa shape index (κ2) is 6.10. The van der Waals surface area contributed by atoms with E-state index in [9.17, 15) is 13.6 Å². The Balaban J connectivity index is 1.86. The molecule has 0 aliphatic carbocycles. The Morgan fingerprint density at radius 1 is 1.10 bits per heavy atom. The lowest BCUT2D eigenvalue weighted by molar-refractivity contribution is 0.0787. The number of nitrogens with one attached hydrogen (secondary N) is 1. The van der Waals surface area contributed by atoms with Gasteiger partial charge in [-0.05, 0) is 62.4 Å². The lowest BCUT2D eigenvalue weighted by Crippen LogP contribution is -2.29. The maximum Gasteiger partial charge on any atom is 0.256 e. The van der Waals surface area contributed by atoms with Crippen molar-refractivity contribution in [1.82, 2.24) is 10.2 Å². The van der Waals surface area contributed by atoms with Crippen molar-refractivity contribution in [2.75, 3.05) is 26.2 Å². The van der Waals surface area contributed by atoms with E-state index in [1.807, 2.05) is 0 Å². The Bertz CT molecular complexity index is 535. The SMILES string of the molecule is O=C(c1cc(F)c(C2CCNCC2)cc1F)N1CCCC1. The van der Waals surface area contributed by atoms with Crippen LogP contribution in [-0.2, 0) is 0 Å². The zero-order valence-corrected chi connectivity index (χ0v) is 12.0. The van der Waals surface area contributed by atoms with Crippen LogP contribution in [0.4, 0.5) is 8.78 Å². The molecule has 1 N–H and O–H groups in total. The van der Waals surface area contributed by atoms with Crippen molar-refractivity contribution in [1.29, 1.82) is 0 Å². The number of likely N-dealkylation sites (tertiary alicyclic amines) is 1. The van der Waals surface area contributed by atoms with Crippen molar-refractivity contribution in [3.8, 4) is 0 Å². The predicted molar refractivity (Wildman–Crippen MR) is 76.3 cm³/mol. The third-order valence-electron chi connectivity index (χ3n) is 4.49. The normalized spacial score (nSPS) is 20.0. The number of benzene rings is 1. The topological polar surface area (TPSA) is 32.3 Å². The molecule has 3 nitrogen and oxygen atoms in total. The zero-order chi connectivity index (χ0) is 14.8. The van der Waals surface area contributed by atoms with E-state index in [-0.39, 0.29) is 17.4 Å². The van der Waals surface area contributed by atoms with Crippen molar-refractivity contribution in [2.45, 2.75) is 31.6 Å². The number of carbonyl (C=O) groups excluding carboxylic acids is 1. The van der Waals surface area contributed by atoms with Gasteiger partial charge in [-0.25, -0.2) is 8.78 Å². The average molecular weight is 294 g/mol. The van der Waals surface area contributed by atoms with Crippen molar-refractivity contribution < 1.29 is 13.6 Å². The third kappa shape index (κ3) is 2.93. The molecule has 2 fully saturated rings. The average Bonchev–Trinajstić information content (AvgIpc) is 3.04.